The topological polar surface area (TPSA) is 125 Å². The fourth-order valence-electron chi connectivity index (χ4n) is 3.99. The standard InChI is InChI=1S/C27H44N4O4/c1-18(2)15-23(22(26(33)30-35)14-10-13-21-11-8-7-9-12-21)25(32)29-31(17-20(5)6)27(34)24(28)16-19(3)4/h7-13,18-20,22-24,35H,14-17,28H2,1-6H3,(H,29,32)(H,30,33)/t22-,23+,24+/m0/s1. The molecule has 0 bridgehead atoms. The molecule has 0 aliphatic rings. The smallest absolute Gasteiger partial charge is 0.257 e. The average Bonchev–Trinajstić information content (AvgIpc) is 2.79. The first kappa shape index (κ1) is 30.3. The van der Waals surface area contributed by atoms with Crippen LogP contribution in [0.15, 0.2) is 36.4 Å². The van der Waals surface area contributed by atoms with E-state index < -0.39 is 29.7 Å². The van der Waals surface area contributed by atoms with E-state index >= 15 is 0 Å². The van der Waals surface area contributed by atoms with E-state index in [4.69, 9.17) is 5.73 Å². The Hall–Kier alpha value is -2.71. The highest BCUT2D eigenvalue weighted by molar-refractivity contribution is 5.89. The van der Waals surface area contributed by atoms with Crippen molar-refractivity contribution < 1.29 is 19.6 Å². The van der Waals surface area contributed by atoms with Gasteiger partial charge in [0.2, 0.25) is 11.8 Å². The Morgan fingerprint density at radius 2 is 1.51 bits per heavy atom. The molecule has 3 amide bonds. The third-order valence-electron chi connectivity index (χ3n) is 5.60. The van der Waals surface area contributed by atoms with Crippen molar-refractivity contribution in [3.05, 3.63) is 42.0 Å². The summed E-state index contributed by atoms with van der Waals surface area (Å²) in [4.78, 5) is 39.2. The molecule has 0 saturated carbocycles. The van der Waals surface area contributed by atoms with Crippen LogP contribution in [0.4, 0.5) is 0 Å². The molecular formula is C27H44N4O4. The molecule has 1 aromatic carbocycles. The largest absolute Gasteiger partial charge is 0.320 e. The quantitative estimate of drug-likeness (QED) is 0.249. The monoisotopic (exact) mass is 488 g/mol. The van der Waals surface area contributed by atoms with E-state index in [0.717, 1.165) is 5.56 Å². The van der Waals surface area contributed by atoms with E-state index in [0.29, 0.717) is 19.4 Å². The lowest BCUT2D eigenvalue weighted by atomic mass is 9.82. The second-order valence-electron chi connectivity index (χ2n) is 10.4. The number of hydrogen-bond donors (Lipinski definition) is 4. The SMILES string of the molecule is CC(C)C[C@@H](N)C(=O)N(CC(C)C)NC(=O)[C@H](CC(C)C)[C@H](CC=Cc1ccccc1)C(=O)NO. The van der Waals surface area contributed by atoms with E-state index in [1.165, 1.54) is 5.01 Å². The van der Waals surface area contributed by atoms with Gasteiger partial charge in [0, 0.05) is 6.54 Å². The van der Waals surface area contributed by atoms with Crippen LogP contribution in [0.1, 0.15) is 66.4 Å². The fourth-order valence-corrected chi connectivity index (χ4v) is 3.99. The molecule has 8 heteroatoms. The van der Waals surface area contributed by atoms with Gasteiger partial charge < -0.3 is 5.73 Å². The third-order valence-corrected chi connectivity index (χ3v) is 5.60. The van der Waals surface area contributed by atoms with Gasteiger partial charge in [0.15, 0.2) is 0 Å². The summed E-state index contributed by atoms with van der Waals surface area (Å²) in [6, 6.07) is 8.88. The normalized spacial score (nSPS) is 14.3. The Morgan fingerprint density at radius 1 is 0.914 bits per heavy atom. The first-order valence-electron chi connectivity index (χ1n) is 12.5. The van der Waals surface area contributed by atoms with Crippen molar-refractivity contribution in [1.29, 1.82) is 0 Å². The van der Waals surface area contributed by atoms with Gasteiger partial charge in [0.1, 0.15) is 0 Å². The number of nitrogens with one attached hydrogen (secondary N) is 2. The summed E-state index contributed by atoms with van der Waals surface area (Å²) in [6.07, 6.45) is 4.85. The van der Waals surface area contributed by atoms with E-state index in [2.05, 4.69) is 5.43 Å². The second kappa shape index (κ2) is 15.3. The number of hydrogen-bond acceptors (Lipinski definition) is 5. The molecule has 196 valence electrons. The minimum absolute atomic E-state index is 0.0967. The van der Waals surface area contributed by atoms with Gasteiger partial charge >= 0.3 is 0 Å². The molecule has 0 aromatic heterocycles. The molecule has 8 nitrogen and oxygen atoms in total. The number of allylic oxidation sites excluding steroid dienone is 1. The number of nitrogens with zero attached hydrogens (tertiary/aromatic N) is 1. The maximum Gasteiger partial charge on any atom is 0.257 e. The number of carbonyl (C=O) groups is 3. The summed E-state index contributed by atoms with van der Waals surface area (Å²) in [5, 5.41) is 10.7. The van der Waals surface area contributed by atoms with Gasteiger partial charge in [0.25, 0.3) is 5.91 Å². The maximum atomic E-state index is 13.5. The van der Waals surface area contributed by atoms with Crippen molar-refractivity contribution in [3.8, 4) is 0 Å². The predicted molar refractivity (Wildman–Crippen MR) is 139 cm³/mol. The van der Waals surface area contributed by atoms with Crippen LogP contribution in [0.25, 0.3) is 6.08 Å². The van der Waals surface area contributed by atoms with Crippen molar-refractivity contribution in [2.45, 2.75) is 66.8 Å². The van der Waals surface area contributed by atoms with Crippen LogP contribution < -0.4 is 16.6 Å². The molecule has 0 aliphatic heterocycles. The molecule has 5 N–H and O–H groups in total. The van der Waals surface area contributed by atoms with Gasteiger partial charge in [-0.15, -0.1) is 0 Å². The second-order valence-corrected chi connectivity index (χ2v) is 10.4. The average molecular weight is 489 g/mol. The van der Waals surface area contributed by atoms with E-state index in [9.17, 15) is 19.6 Å². The van der Waals surface area contributed by atoms with Crippen molar-refractivity contribution in [2.24, 2.45) is 35.3 Å². The minimum Gasteiger partial charge on any atom is -0.320 e. The number of benzene rings is 1. The third kappa shape index (κ3) is 11.0. The van der Waals surface area contributed by atoms with Gasteiger partial charge in [0.05, 0.1) is 17.9 Å². The maximum absolute atomic E-state index is 13.5. The highest BCUT2D eigenvalue weighted by atomic mass is 16.5. The lowest BCUT2D eigenvalue weighted by Gasteiger charge is -2.32. The highest BCUT2D eigenvalue weighted by Gasteiger charge is 2.35. The molecule has 3 atom stereocenters. The lowest BCUT2D eigenvalue weighted by Crippen LogP contribution is -2.56. The predicted octanol–water partition coefficient (Wildman–Crippen LogP) is 3.76. The van der Waals surface area contributed by atoms with Crippen molar-refractivity contribution in [1.82, 2.24) is 15.9 Å². The lowest BCUT2D eigenvalue weighted by molar-refractivity contribution is -0.148. The zero-order chi connectivity index (χ0) is 26.5. The number of hydrazine groups is 1. The van der Waals surface area contributed by atoms with Crippen LogP contribution >= 0.6 is 0 Å². The number of nitrogens with two attached hydrogens (primary N) is 1. The van der Waals surface area contributed by atoms with Gasteiger partial charge in [-0.1, -0.05) is 84.0 Å². The molecular weight excluding hydrogens is 444 g/mol. The number of amides is 3. The van der Waals surface area contributed by atoms with Crippen molar-refractivity contribution in [3.63, 3.8) is 0 Å². The molecule has 0 radical (unpaired) electrons. The molecule has 1 rings (SSSR count). The zero-order valence-corrected chi connectivity index (χ0v) is 22.0. The van der Waals surface area contributed by atoms with E-state index in [1.807, 2.05) is 84.0 Å². The summed E-state index contributed by atoms with van der Waals surface area (Å²) in [5.74, 6) is -2.57. The Kier molecular flexibility index (Phi) is 13.3. The molecule has 35 heavy (non-hydrogen) atoms. The molecule has 0 spiro atoms. The first-order valence-corrected chi connectivity index (χ1v) is 12.5. The molecule has 0 unspecified atom stereocenters. The summed E-state index contributed by atoms with van der Waals surface area (Å²) < 4.78 is 0. The summed E-state index contributed by atoms with van der Waals surface area (Å²) in [5.41, 5.74) is 11.6. The van der Waals surface area contributed by atoms with Gasteiger partial charge in [-0.2, -0.15) is 0 Å². The van der Waals surface area contributed by atoms with Crippen LogP contribution in [0.3, 0.4) is 0 Å². The van der Waals surface area contributed by atoms with Crippen LogP contribution in [0.5, 0.6) is 0 Å². The molecule has 0 heterocycles. The number of hydroxylamine groups is 1. The molecule has 0 aliphatic carbocycles. The first-order chi connectivity index (χ1) is 16.5. The van der Waals surface area contributed by atoms with E-state index in [1.54, 1.807) is 5.48 Å². The fraction of sp³-hybridized carbons (Fsp3) is 0.593. The Balaban J connectivity index is 3.16. The Labute approximate surface area is 210 Å². The summed E-state index contributed by atoms with van der Waals surface area (Å²) in [6.45, 7) is 12.1. The van der Waals surface area contributed by atoms with Crippen LogP contribution in [0.2, 0.25) is 0 Å². The Bertz CT molecular complexity index is 824. The zero-order valence-electron chi connectivity index (χ0n) is 22.0. The Morgan fingerprint density at radius 3 is 2.03 bits per heavy atom. The number of carbonyl (C=O) groups excluding carboxylic acids is 3. The van der Waals surface area contributed by atoms with Crippen LogP contribution in [0, 0.1) is 29.6 Å². The molecule has 0 saturated heterocycles. The molecule has 0 fully saturated rings. The van der Waals surface area contributed by atoms with Crippen LogP contribution in [-0.2, 0) is 14.4 Å². The minimum atomic E-state index is -0.817. The van der Waals surface area contributed by atoms with Crippen LogP contribution in [-0.4, -0.2) is 40.5 Å². The van der Waals surface area contributed by atoms with Crippen molar-refractivity contribution >= 4 is 23.8 Å². The number of rotatable bonds is 13. The molecule has 1 aromatic rings. The highest BCUT2D eigenvalue weighted by Crippen LogP contribution is 2.26. The van der Waals surface area contributed by atoms with Crippen molar-refractivity contribution in [2.75, 3.05) is 6.54 Å². The summed E-state index contributed by atoms with van der Waals surface area (Å²) in [7, 11) is 0. The van der Waals surface area contributed by atoms with E-state index in [-0.39, 0.29) is 30.1 Å². The van der Waals surface area contributed by atoms with Gasteiger partial charge in [-0.05, 0) is 42.6 Å². The summed E-state index contributed by atoms with van der Waals surface area (Å²) >= 11 is 0. The van der Waals surface area contributed by atoms with Gasteiger partial charge in [-0.3, -0.25) is 30.0 Å². The van der Waals surface area contributed by atoms with Gasteiger partial charge in [-0.25, -0.2) is 5.48 Å².